The smallest absolute Gasteiger partial charge is 0.256 e. The molecular weight excluding hydrogens is 206 g/mol. The van der Waals surface area contributed by atoms with Crippen LogP contribution in [0.2, 0.25) is 0 Å². The number of rotatable bonds is 6. The molecule has 4 nitrogen and oxygen atoms in total. The van der Waals surface area contributed by atoms with Crippen molar-refractivity contribution in [3.05, 3.63) is 11.6 Å². The number of hydrogen-bond acceptors (Lipinski definition) is 3. The van der Waals surface area contributed by atoms with Crippen LogP contribution >= 0.6 is 0 Å². The molecule has 1 heterocycles. The molecule has 1 aliphatic rings. The number of imide groups is 1. The SMILES string of the molecule is CC1=CC(=O)N(CCOCCC(C)C)C1=O. The van der Waals surface area contributed by atoms with Gasteiger partial charge >= 0.3 is 0 Å². The largest absolute Gasteiger partial charge is 0.380 e. The van der Waals surface area contributed by atoms with Crippen LogP contribution in [0.5, 0.6) is 0 Å². The molecule has 0 spiro atoms. The first-order chi connectivity index (χ1) is 7.52. The molecule has 0 aromatic carbocycles. The third-order valence-corrected chi connectivity index (χ3v) is 2.49. The van der Waals surface area contributed by atoms with E-state index in [0.29, 0.717) is 31.2 Å². The lowest BCUT2D eigenvalue weighted by Crippen LogP contribution is -2.34. The Hall–Kier alpha value is -1.16. The predicted octanol–water partition coefficient (Wildman–Crippen LogP) is 1.36. The van der Waals surface area contributed by atoms with Crippen molar-refractivity contribution < 1.29 is 14.3 Å². The molecule has 0 aliphatic carbocycles. The average molecular weight is 225 g/mol. The highest BCUT2D eigenvalue weighted by molar-refractivity contribution is 6.15. The summed E-state index contributed by atoms with van der Waals surface area (Å²) in [7, 11) is 0. The normalized spacial score (nSPS) is 16.2. The number of nitrogens with zero attached hydrogens (tertiary/aromatic N) is 1. The minimum absolute atomic E-state index is 0.197. The van der Waals surface area contributed by atoms with Gasteiger partial charge in [-0.3, -0.25) is 14.5 Å². The van der Waals surface area contributed by atoms with Crippen LogP contribution in [0.1, 0.15) is 27.2 Å². The first kappa shape index (κ1) is 12.9. The van der Waals surface area contributed by atoms with Gasteiger partial charge in [0.25, 0.3) is 11.8 Å². The Labute approximate surface area is 96.3 Å². The van der Waals surface area contributed by atoms with Crippen molar-refractivity contribution in [3.8, 4) is 0 Å². The van der Waals surface area contributed by atoms with Gasteiger partial charge in [0, 0.05) is 18.3 Å². The van der Waals surface area contributed by atoms with E-state index in [1.54, 1.807) is 6.92 Å². The van der Waals surface area contributed by atoms with Crippen LogP contribution in [-0.4, -0.2) is 36.5 Å². The van der Waals surface area contributed by atoms with E-state index >= 15 is 0 Å². The lowest BCUT2D eigenvalue weighted by atomic mass is 10.1. The first-order valence-corrected chi connectivity index (χ1v) is 5.64. The second-order valence-electron chi connectivity index (χ2n) is 4.42. The Morgan fingerprint density at radius 2 is 2.00 bits per heavy atom. The number of hydrogen-bond donors (Lipinski definition) is 0. The van der Waals surface area contributed by atoms with E-state index in [4.69, 9.17) is 4.74 Å². The summed E-state index contributed by atoms with van der Waals surface area (Å²) in [6.45, 7) is 7.36. The third-order valence-electron chi connectivity index (χ3n) is 2.49. The highest BCUT2D eigenvalue weighted by Crippen LogP contribution is 2.11. The Morgan fingerprint density at radius 1 is 1.31 bits per heavy atom. The van der Waals surface area contributed by atoms with E-state index < -0.39 is 0 Å². The van der Waals surface area contributed by atoms with Crippen molar-refractivity contribution in [3.63, 3.8) is 0 Å². The molecule has 0 saturated heterocycles. The second kappa shape index (κ2) is 5.80. The van der Waals surface area contributed by atoms with Gasteiger partial charge in [0.15, 0.2) is 0 Å². The minimum Gasteiger partial charge on any atom is -0.380 e. The Kier molecular flexibility index (Phi) is 4.68. The van der Waals surface area contributed by atoms with Crippen molar-refractivity contribution in [1.29, 1.82) is 0 Å². The quantitative estimate of drug-likeness (QED) is 0.506. The van der Waals surface area contributed by atoms with E-state index in [1.807, 2.05) is 0 Å². The van der Waals surface area contributed by atoms with Crippen LogP contribution < -0.4 is 0 Å². The van der Waals surface area contributed by atoms with Crippen LogP contribution in [0.4, 0.5) is 0 Å². The predicted molar refractivity (Wildman–Crippen MR) is 60.8 cm³/mol. The maximum Gasteiger partial charge on any atom is 0.256 e. The molecule has 1 aliphatic heterocycles. The highest BCUT2D eigenvalue weighted by Gasteiger charge is 2.27. The van der Waals surface area contributed by atoms with Crippen molar-refractivity contribution in [2.75, 3.05) is 19.8 Å². The topological polar surface area (TPSA) is 46.6 Å². The lowest BCUT2D eigenvalue weighted by Gasteiger charge is -2.14. The summed E-state index contributed by atoms with van der Waals surface area (Å²) in [4.78, 5) is 24.0. The summed E-state index contributed by atoms with van der Waals surface area (Å²) < 4.78 is 5.37. The zero-order valence-corrected chi connectivity index (χ0v) is 10.2. The van der Waals surface area contributed by atoms with Crippen LogP contribution in [-0.2, 0) is 14.3 Å². The van der Waals surface area contributed by atoms with Gasteiger partial charge in [-0.2, -0.15) is 0 Å². The van der Waals surface area contributed by atoms with E-state index in [-0.39, 0.29) is 11.8 Å². The monoisotopic (exact) mass is 225 g/mol. The highest BCUT2D eigenvalue weighted by atomic mass is 16.5. The molecule has 16 heavy (non-hydrogen) atoms. The summed E-state index contributed by atoms with van der Waals surface area (Å²) in [6, 6.07) is 0. The zero-order chi connectivity index (χ0) is 12.1. The molecule has 0 atom stereocenters. The average Bonchev–Trinajstić information content (AvgIpc) is 2.43. The van der Waals surface area contributed by atoms with Gasteiger partial charge in [0.2, 0.25) is 0 Å². The van der Waals surface area contributed by atoms with Gasteiger partial charge in [0.05, 0.1) is 13.2 Å². The maximum atomic E-state index is 11.5. The van der Waals surface area contributed by atoms with Crippen molar-refractivity contribution in [2.45, 2.75) is 27.2 Å². The van der Waals surface area contributed by atoms with Crippen molar-refractivity contribution in [1.82, 2.24) is 4.90 Å². The summed E-state index contributed by atoms with van der Waals surface area (Å²) in [5.41, 5.74) is 0.507. The van der Waals surface area contributed by atoms with Gasteiger partial charge in [-0.15, -0.1) is 0 Å². The maximum absolute atomic E-state index is 11.5. The number of amides is 2. The van der Waals surface area contributed by atoms with Crippen molar-refractivity contribution >= 4 is 11.8 Å². The molecule has 0 saturated carbocycles. The Balaban J connectivity index is 2.20. The number of carbonyl (C=O) groups excluding carboxylic acids is 2. The fraction of sp³-hybridized carbons (Fsp3) is 0.667. The lowest BCUT2D eigenvalue weighted by molar-refractivity contribution is -0.138. The first-order valence-electron chi connectivity index (χ1n) is 5.64. The van der Waals surface area contributed by atoms with E-state index in [0.717, 1.165) is 6.42 Å². The van der Waals surface area contributed by atoms with Crippen molar-refractivity contribution in [2.24, 2.45) is 5.92 Å². The summed E-state index contributed by atoms with van der Waals surface area (Å²) in [5, 5.41) is 0. The molecule has 0 fully saturated rings. The van der Waals surface area contributed by atoms with E-state index in [9.17, 15) is 9.59 Å². The molecule has 2 amide bonds. The van der Waals surface area contributed by atoms with Gasteiger partial charge in [-0.25, -0.2) is 0 Å². The van der Waals surface area contributed by atoms with Crippen LogP contribution in [0.25, 0.3) is 0 Å². The molecular formula is C12H19NO3. The number of ether oxygens (including phenoxy) is 1. The molecule has 0 aromatic rings. The zero-order valence-electron chi connectivity index (χ0n) is 10.2. The summed E-state index contributed by atoms with van der Waals surface area (Å²) >= 11 is 0. The molecule has 0 aromatic heterocycles. The minimum atomic E-state index is -0.227. The third kappa shape index (κ3) is 3.45. The standard InChI is InChI=1S/C12H19NO3/c1-9(2)4-6-16-7-5-13-11(14)8-10(3)12(13)15/h8-9H,4-7H2,1-3H3. The molecule has 0 radical (unpaired) electrons. The molecule has 90 valence electrons. The molecule has 4 heteroatoms. The Bertz CT molecular complexity index is 307. The number of carbonyl (C=O) groups is 2. The fourth-order valence-electron chi connectivity index (χ4n) is 1.43. The summed E-state index contributed by atoms with van der Waals surface area (Å²) in [6.07, 6.45) is 2.37. The molecule has 0 unspecified atom stereocenters. The summed E-state index contributed by atoms with van der Waals surface area (Å²) in [5.74, 6) is 0.186. The van der Waals surface area contributed by atoms with Gasteiger partial charge in [-0.05, 0) is 19.3 Å². The van der Waals surface area contributed by atoms with E-state index in [1.165, 1.54) is 11.0 Å². The Morgan fingerprint density at radius 3 is 2.50 bits per heavy atom. The van der Waals surface area contributed by atoms with Gasteiger partial charge in [0.1, 0.15) is 0 Å². The van der Waals surface area contributed by atoms with Gasteiger partial charge < -0.3 is 4.74 Å². The molecule has 0 N–H and O–H groups in total. The van der Waals surface area contributed by atoms with Crippen LogP contribution in [0.15, 0.2) is 11.6 Å². The van der Waals surface area contributed by atoms with Gasteiger partial charge in [-0.1, -0.05) is 13.8 Å². The molecule has 1 rings (SSSR count). The van der Waals surface area contributed by atoms with E-state index in [2.05, 4.69) is 13.8 Å². The second-order valence-corrected chi connectivity index (χ2v) is 4.42. The molecule has 0 bridgehead atoms. The van der Waals surface area contributed by atoms with Crippen LogP contribution in [0.3, 0.4) is 0 Å². The van der Waals surface area contributed by atoms with Crippen LogP contribution in [0, 0.1) is 5.92 Å². The fourth-order valence-corrected chi connectivity index (χ4v) is 1.43.